The zero-order valence-corrected chi connectivity index (χ0v) is 14.7. The number of hydrogen-bond donors (Lipinski definition) is 1. The predicted molar refractivity (Wildman–Crippen MR) is 92.3 cm³/mol. The van der Waals surface area contributed by atoms with Crippen LogP contribution in [-0.2, 0) is 22.5 Å². The topological polar surface area (TPSA) is 88.9 Å². The molecule has 0 spiro atoms. The Labute approximate surface area is 150 Å². The second-order valence-corrected chi connectivity index (χ2v) is 6.40. The third kappa shape index (κ3) is 3.46. The number of esters is 1. The standard InChI is InChI=1S/C19H20N2O5/c1-19(11-10-13-6-4-3-5-7-13)17(23)21(18(24)20-19)12-14-8-9-15(26-14)16(22)25-2/h3-9H,10-12H2,1-2H3,(H,20,24)/t19-/m0/s1. The maximum absolute atomic E-state index is 12.8. The van der Waals surface area contributed by atoms with Crippen LogP contribution < -0.4 is 5.32 Å². The van der Waals surface area contributed by atoms with Crippen molar-refractivity contribution in [2.45, 2.75) is 31.8 Å². The SMILES string of the molecule is COC(=O)c1ccc(CN2C(=O)N[C@@](C)(CCc3ccccc3)C2=O)o1. The third-order valence-corrected chi connectivity index (χ3v) is 4.46. The molecule has 2 heterocycles. The Bertz CT molecular complexity index is 829. The van der Waals surface area contributed by atoms with E-state index in [1.165, 1.54) is 13.2 Å². The molecule has 0 saturated carbocycles. The monoisotopic (exact) mass is 356 g/mol. The van der Waals surface area contributed by atoms with E-state index >= 15 is 0 Å². The van der Waals surface area contributed by atoms with Crippen molar-refractivity contribution in [2.75, 3.05) is 7.11 Å². The first-order valence-electron chi connectivity index (χ1n) is 8.28. The molecule has 7 heteroatoms. The van der Waals surface area contributed by atoms with Crippen molar-refractivity contribution < 1.29 is 23.5 Å². The van der Waals surface area contributed by atoms with E-state index in [-0.39, 0.29) is 18.2 Å². The van der Waals surface area contributed by atoms with Crippen LogP contribution in [0.5, 0.6) is 0 Å². The van der Waals surface area contributed by atoms with Gasteiger partial charge >= 0.3 is 12.0 Å². The molecule has 3 rings (SSSR count). The Morgan fingerprint density at radius 3 is 2.62 bits per heavy atom. The molecule has 1 aromatic heterocycles. The minimum atomic E-state index is -0.968. The molecule has 0 bridgehead atoms. The van der Waals surface area contributed by atoms with E-state index < -0.39 is 17.5 Å². The first kappa shape index (κ1) is 17.7. The highest BCUT2D eigenvalue weighted by Crippen LogP contribution is 2.25. The zero-order valence-electron chi connectivity index (χ0n) is 14.7. The molecule has 1 aliphatic heterocycles. The molecule has 0 unspecified atom stereocenters. The summed E-state index contributed by atoms with van der Waals surface area (Å²) in [5.41, 5.74) is 0.132. The number of nitrogens with zero attached hydrogens (tertiary/aromatic N) is 1. The molecule has 3 amide bonds. The number of nitrogens with one attached hydrogen (secondary N) is 1. The number of ether oxygens (including phenoxy) is 1. The van der Waals surface area contributed by atoms with Gasteiger partial charge in [0.2, 0.25) is 5.76 Å². The van der Waals surface area contributed by atoms with Crippen LogP contribution in [0.3, 0.4) is 0 Å². The quantitative estimate of drug-likeness (QED) is 0.635. The molecular formula is C19H20N2O5. The van der Waals surface area contributed by atoms with Crippen molar-refractivity contribution in [1.82, 2.24) is 10.2 Å². The average Bonchev–Trinajstić information content (AvgIpc) is 3.20. The van der Waals surface area contributed by atoms with Crippen LogP contribution in [0, 0.1) is 0 Å². The van der Waals surface area contributed by atoms with Gasteiger partial charge in [0.25, 0.3) is 5.91 Å². The number of imide groups is 1. The van der Waals surface area contributed by atoms with Crippen molar-refractivity contribution in [3.05, 3.63) is 59.5 Å². The van der Waals surface area contributed by atoms with Crippen molar-refractivity contribution in [1.29, 1.82) is 0 Å². The van der Waals surface area contributed by atoms with Crippen molar-refractivity contribution >= 4 is 17.9 Å². The molecule has 1 aliphatic rings. The summed E-state index contributed by atoms with van der Waals surface area (Å²) in [6, 6.07) is 12.3. The van der Waals surface area contributed by atoms with Gasteiger partial charge in [0.05, 0.1) is 13.7 Å². The molecule has 1 atom stereocenters. The summed E-state index contributed by atoms with van der Waals surface area (Å²) >= 11 is 0. The second-order valence-electron chi connectivity index (χ2n) is 6.40. The minimum Gasteiger partial charge on any atom is -0.463 e. The van der Waals surface area contributed by atoms with Gasteiger partial charge < -0.3 is 14.5 Å². The molecule has 1 N–H and O–H groups in total. The number of methoxy groups -OCH3 is 1. The molecule has 26 heavy (non-hydrogen) atoms. The van der Waals surface area contributed by atoms with Crippen LogP contribution in [0.2, 0.25) is 0 Å². The molecular weight excluding hydrogens is 336 g/mol. The van der Waals surface area contributed by atoms with E-state index in [9.17, 15) is 14.4 Å². The van der Waals surface area contributed by atoms with E-state index in [1.807, 2.05) is 30.3 Å². The van der Waals surface area contributed by atoms with E-state index in [0.29, 0.717) is 18.6 Å². The lowest BCUT2D eigenvalue weighted by Crippen LogP contribution is -2.44. The zero-order chi connectivity index (χ0) is 18.7. The number of hydrogen-bond acceptors (Lipinski definition) is 5. The summed E-state index contributed by atoms with van der Waals surface area (Å²) in [6.45, 7) is 1.68. The van der Waals surface area contributed by atoms with E-state index in [2.05, 4.69) is 10.1 Å². The molecule has 7 nitrogen and oxygen atoms in total. The maximum Gasteiger partial charge on any atom is 0.373 e. The van der Waals surface area contributed by atoms with Crippen molar-refractivity contribution in [3.8, 4) is 0 Å². The molecule has 0 radical (unpaired) electrons. The van der Waals surface area contributed by atoms with E-state index in [4.69, 9.17) is 4.42 Å². The largest absolute Gasteiger partial charge is 0.463 e. The minimum absolute atomic E-state index is 0.0291. The fourth-order valence-electron chi connectivity index (χ4n) is 2.93. The average molecular weight is 356 g/mol. The Morgan fingerprint density at radius 1 is 1.19 bits per heavy atom. The number of carbonyl (C=O) groups is 3. The lowest BCUT2D eigenvalue weighted by atomic mass is 9.93. The Kier molecular flexibility index (Phi) is 4.79. The highest BCUT2D eigenvalue weighted by Gasteiger charge is 2.47. The Balaban J connectivity index is 1.68. The molecule has 0 aliphatic carbocycles. The normalized spacial score (nSPS) is 19.5. The van der Waals surface area contributed by atoms with Crippen molar-refractivity contribution in [2.24, 2.45) is 0 Å². The van der Waals surface area contributed by atoms with E-state index in [1.54, 1.807) is 13.0 Å². The molecule has 2 aromatic rings. The molecule has 136 valence electrons. The lowest BCUT2D eigenvalue weighted by Gasteiger charge is -2.21. The summed E-state index contributed by atoms with van der Waals surface area (Å²) in [5.74, 6) is -0.557. The number of urea groups is 1. The van der Waals surface area contributed by atoms with Gasteiger partial charge in [-0.2, -0.15) is 0 Å². The fraction of sp³-hybridized carbons (Fsp3) is 0.316. The summed E-state index contributed by atoms with van der Waals surface area (Å²) in [6.07, 6.45) is 1.16. The molecule has 1 aromatic carbocycles. The Morgan fingerprint density at radius 2 is 1.92 bits per heavy atom. The summed E-state index contributed by atoms with van der Waals surface area (Å²) in [7, 11) is 1.25. The van der Waals surface area contributed by atoms with Gasteiger partial charge in [0.15, 0.2) is 0 Å². The first-order valence-corrected chi connectivity index (χ1v) is 8.28. The predicted octanol–water partition coefficient (Wildman–Crippen LogP) is 2.51. The third-order valence-electron chi connectivity index (χ3n) is 4.46. The summed E-state index contributed by atoms with van der Waals surface area (Å²) in [5, 5.41) is 2.77. The summed E-state index contributed by atoms with van der Waals surface area (Å²) in [4.78, 5) is 37.6. The van der Waals surface area contributed by atoms with Crippen LogP contribution >= 0.6 is 0 Å². The van der Waals surface area contributed by atoms with Gasteiger partial charge in [0.1, 0.15) is 11.3 Å². The maximum atomic E-state index is 12.8. The van der Waals surface area contributed by atoms with Gasteiger partial charge in [-0.15, -0.1) is 0 Å². The van der Waals surface area contributed by atoms with Gasteiger partial charge in [0, 0.05) is 0 Å². The van der Waals surface area contributed by atoms with Crippen LogP contribution in [0.25, 0.3) is 0 Å². The van der Waals surface area contributed by atoms with E-state index in [0.717, 1.165) is 10.5 Å². The number of carbonyl (C=O) groups excluding carboxylic acids is 3. The van der Waals surface area contributed by atoms with Crippen LogP contribution in [0.4, 0.5) is 4.79 Å². The van der Waals surface area contributed by atoms with Gasteiger partial charge in [-0.1, -0.05) is 30.3 Å². The van der Waals surface area contributed by atoms with Gasteiger partial charge in [-0.3, -0.25) is 9.69 Å². The number of benzene rings is 1. The fourth-order valence-corrected chi connectivity index (χ4v) is 2.93. The van der Waals surface area contributed by atoms with Crippen molar-refractivity contribution in [3.63, 3.8) is 0 Å². The first-order chi connectivity index (χ1) is 12.4. The highest BCUT2D eigenvalue weighted by molar-refractivity contribution is 6.06. The number of aryl methyl sites for hydroxylation is 1. The highest BCUT2D eigenvalue weighted by atomic mass is 16.5. The van der Waals surface area contributed by atoms with Gasteiger partial charge in [-0.25, -0.2) is 9.59 Å². The number of furan rings is 1. The number of amides is 3. The van der Waals surface area contributed by atoms with Crippen LogP contribution in [0.15, 0.2) is 46.9 Å². The summed E-state index contributed by atoms with van der Waals surface area (Å²) < 4.78 is 9.92. The Hall–Kier alpha value is -3.09. The molecule has 1 fully saturated rings. The van der Waals surface area contributed by atoms with Crippen LogP contribution in [-0.4, -0.2) is 35.5 Å². The molecule has 1 saturated heterocycles. The number of rotatable bonds is 6. The smallest absolute Gasteiger partial charge is 0.373 e. The second kappa shape index (κ2) is 7.03. The van der Waals surface area contributed by atoms with Crippen LogP contribution in [0.1, 0.15) is 35.2 Å². The lowest BCUT2D eigenvalue weighted by molar-refractivity contribution is -0.131. The van der Waals surface area contributed by atoms with Gasteiger partial charge in [-0.05, 0) is 37.5 Å².